The molecule has 4 nitrogen and oxygen atoms in total. The van der Waals surface area contributed by atoms with Crippen LogP contribution in [-0.2, 0) is 6.42 Å². The van der Waals surface area contributed by atoms with Gasteiger partial charge >= 0.3 is 6.03 Å². The van der Waals surface area contributed by atoms with Crippen molar-refractivity contribution in [1.29, 1.82) is 0 Å². The number of urea groups is 1. The Kier molecular flexibility index (Phi) is 4.80. The topological polar surface area (TPSA) is 44.7 Å². The van der Waals surface area contributed by atoms with Gasteiger partial charge in [-0.05, 0) is 55.2 Å². The van der Waals surface area contributed by atoms with Crippen molar-refractivity contribution < 1.29 is 4.79 Å². The Hall–Kier alpha value is -3.11. The maximum atomic E-state index is 13.3. The molecule has 150 valence electrons. The van der Waals surface area contributed by atoms with E-state index in [1.165, 1.54) is 5.56 Å². The third-order valence-electron chi connectivity index (χ3n) is 5.95. The fraction of sp³-hybridized carbons (Fsp3) is 0.200. The molecule has 2 amide bonds. The highest BCUT2D eigenvalue weighted by molar-refractivity contribution is 6.30. The number of fused-ring (bicyclic) bond motifs is 3. The Morgan fingerprint density at radius 3 is 2.53 bits per heavy atom. The van der Waals surface area contributed by atoms with Crippen LogP contribution >= 0.6 is 11.6 Å². The summed E-state index contributed by atoms with van der Waals surface area (Å²) in [5.41, 5.74) is 6.39. The van der Waals surface area contributed by atoms with E-state index in [-0.39, 0.29) is 18.0 Å². The van der Waals surface area contributed by atoms with E-state index in [1.807, 2.05) is 61.5 Å². The van der Waals surface area contributed by atoms with Gasteiger partial charge in [0, 0.05) is 22.2 Å². The molecule has 5 rings (SSSR count). The highest BCUT2D eigenvalue weighted by atomic mass is 35.5. The molecule has 0 bridgehead atoms. The number of anilines is 1. The van der Waals surface area contributed by atoms with Gasteiger partial charge in [-0.3, -0.25) is 0 Å². The molecule has 0 saturated heterocycles. The van der Waals surface area contributed by atoms with E-state index in [0.29, 0.717) is 5.02 Å². The zero-order valence-corrected chi connectivity index (χ0v) is 17.4. The molecular weight excluding hydrogens is 394 g/mol. The Labute approximate surface area is 181 Å². The number of benzene rings is 3. The van der Waals surface area contributed by atoms with Gasteiger partial charge in [0.15, 0.2) is 0 Å². The number of hydrogen-bond donors (Lipinski definition) is 1. The third kappa shape index (κ3) is 3.37. The average molecular weight is 416 g/mol. The van der Waals surface area contributed by atoms with Crippen molar-refractivity contribution in [2.24, 2.45) is 11.0 Å². The van der Waals surface area contributed by atoms with Crippen LogP contribution < -0.4 is 5.32 Å². The molecule has 1 N–H and O–H groups in total. The summed E-state index contributed by atoms with van der Waals surface area (Å²) < 4.78 is 0. The van der Waals surface area contributed by atoms with Crippen LogP contribution in [0.15, 0.2) is 77.9 Å². The Morgan fingerprint density at radius 1 is 1.03 bits per heavy atom. The molecule has 1 aliphatic carbocycles. The predicted octanol–water partition coefficient (Wildman–Crippen LogP) is 6.20. The zero-order valence-electron chi connectivity index (χ0n) is 16.7. The van der Waals surface area contributed by atoms with Gasteiger partial charge in [-0.25, -0.2) is 9.80 Å². The average Bonchev–Trinajstić information content (AvgIpc) is 3.16. The summed E-state index contributed by atoms with van der Waals surface area (Å²) in [4.78, 5) is 13.3. The second-order valence-electron chi connectivity index (χ2n) is 7.92. The second kappa shape index (κ2) is 7.62. The van der Waals surface area contributed by atoms with Gasteiger partial charge in [0.25, 0.3) is 0 Å². The Balaban J connectivity index is 1.53. The number of hydrogen-bond acceptors (Lipinski definition) is 2. The monoisotopic (exact) mass is 415 g/mol. The summed E-state index contributed by atoms with van der Waals surface area (Å²) >= 11 is 6.12. The predicted molar refractivity (Wildman–Crippen MR) is 121 cm³/mol. The number of carbonyl (C=O) groups excluding carboxylic acids is 1. The number of nitrogens with zero attached hydrogens (tertiary/aromatic N) is 2. The third-order valence-corrected chi connectivity index (χ3v) is 6.20. The Morgan fingerprint density at radius 2 is 1.77 bits per heavy atom. The highest BCUT2D eigenvalue weighted by Gasteiger charge is 2.43. The van der Waals surface area contributed by atoms with Gasteiger partial charge in [-0.2, -0.15) is 5.10 Å². The molecule has 0 saturated carbocycles. The summed E-state index contributed by atoms with van der Waals surface area (Å²) in [6, 6.07) is 23.5. The molecule has 0 spiro atoms. The fourth-order valence-electron chi connectivity index (χ4n) is 4.44. The van der Waals surface area contributed by atoms with Crippen molar-refractivity contribution in [3.63, 3.8) is 0 Å². The van der Waals surface area contributed by atoms with Gasteiger partial charge in [-0.15, -0.1) is 0 Å². The van der Waals surface area contributed by atoms with E-state index in [9.17, 15) is 4.79 Å². The normalized spacial score (nSPS) is 19.7. The van der Waals surface area contributed by atoms with Crippen molar-refractivity contribution >= 4 is 29.0 Å². The van der Waals surface area contributed by atoms with E-state index in [1.54, 1.807) is 5.01 Å². The highest BCUT2D eigenvalue weighted by Crippen LogP contribution is 2.43. The summed E-state index contributed by atoms with van der Waals surface area (Å²) in [7, 11) is 0. The van der Waals surface area contributed by atoms with Crippen LogP contribution in [0.2, 0.25) is 5.02 Å². The molecule has 30 heavy (non-hydrogen) atoms. The maximum absolute atomic E-state index is 13.3. The number of hydrazone groups is 1. The molecule has 3 aromatic carbocycles. The first-order valence-corrected chi connectivity index (χ1v) is 10.6. The number of halogens is 1. The molecule has 2 aliphatic rings. The molecule has 5 heteroatoms. The minimum Gasteiger partial charge on any atom is -0.306 e. The van der Waals surface area contributed by atoms with E-state index < -0.39 is 0 Å². The van der Waals surface area contributed by atoms with E-state index in [0.717, 1.165) is 40.9 Å². The number of amides is 2. The fourth-order valence-corrected chi connectivity index (χ4v) is 4.57. The molecular formula is C25H22ClN3O. The first-order chi connectivity index (χ1) is 14.6. The summed E-state index contributed by atoms with van der Waals surface area (Å²) in [6.45, 7) is 2.02. The van der Waals surface area contributed by atoms with Gasteiger partial charge in [0.2, 0.25) is 0 Å². The van der Waals surface area contributed by atoms with Crippen molar-refractivity contribution in [3.05, 3.63) is 100 Å². The lowest BCUT2D eigenvalue weighted by Crippen LogP contribution is -2.34. The first kappa shape index (κ1) is 18.9. The van der Waals surface area contributed by atoms with Crippen LogP contribution in [0, 0.1) is 12.8 Å². The van der Waals surface area contributed by atoms with Crippen LogP contribution in [0.1, 0.15) is 34.7 Å². The molecule has 0 radical (unpaired) electrons. The smallest absolute Gasteiger partial charge is 0.306 e. The minimum absolute atomic E-state index is 0.156. The standard InChI is InChI=1S/C25H22ClN3O/c1-16-6-13-20(14-7-16)27-25(30)29-24(18-8-11-19(26)12-9-18)22-15-10-17-4-2-3-5-21(17)23(22)28-29/h2-9,11-14,22,24H,10,15H2,1H3,(H,27,30)/t22-,24+/m0/s1. The van der Waals surface area contributed by atoms with Crippen LogP contribution in [0.5, 0.6) is 0 Å². The first-order valence-electron chi connectivity index (χ1n) is 10.2. The van der Waals surface area contributed by atoms with E-state index >= 15 is 0 Å². The van der Waals surface area contributed by atoms with Gasteiger partial charge in [0.1, 0.15) is 0 Å². The lowest BCUT2D eigenvalue weighted by Gasteiger charge is -2.29. The van der Waals surface area contributed by atoms with Gasteiger partial charge in [0.05, 0.1) is 11.8 Å². The number of carbonyl (C=O) groups is 1. The molecule has 0 aromatic heterocycles. The lowest BCUT2D eigenvalue weighted by atomic mass is 9.77. The molecule has 3 aromatic rings. The molecule has 0 fully saturated rings. The van der Waals surface area contributed by atoms with Crippen molar-refractivity contribution in [1.82, 2.24) is 5.01 Å². The minimum atomic E-state index is -0.224. The summed E-state index contributed by atoms with van der Waals surface area (Å²) in [6.07, 6.45) is 1.94. The summed E-state index contributed by atoms with van der Waals surface area (Å²) in [5, 5.41) is 10.2. The van der Waals surface area contributed by atoms with Crippen molar-refractivity contribution in [2.75, 3.05) is 5.32 Å². The van der Waals surface area contributed by atoms with Crippen LogP contribution in [0.3, 0.4) is 0 Å². The molecule has 2 atom stereocenters. The van der Waals surface area contributed by atoms with Crippen LogP contribution in [-0.4, -0.2) is 16.8 Å². The van der Waals surface area contributed by atoms with Crippen molar-refractivity contribution in [3.8, 4) is 0 Å². The van der Waals surface area contributed by atoms with E-state index in [2.05, 4.69) is 23.5 Å². The SMILES string of the molecule is Cc1ccc(NC(=O)N2N=C3c4ccccc4CC[C@@H]3[C@H]2c2ccc(Cl)cc2)cc1. The quantitative estimate of drug-likeness (QED) is 0.531. The number of aryl methyl sites for hydroxylation is 2. The lowest BCUT2D eigenvalue weighted by molar-refractivity contribution is 0.188. The van der Waals surface area contributed by atoms with Gasteiger partial charge < -0.3 is 5.32 Å². The molecule has 1 aliphatic heterocycles. The largest absolute Gasteiger partial charge is 0.342 e. The Bertz CT molecular complexity index is 1120. The molecule has 0 unspecified atom stereocenters. The zero-order chi connectivity index (χ0) is 20.7. The van der Waals surface area contributed by atoms with Crippen molar-refractivity contribution in [2.45, 2.75) is 25.8 Å². The van der Waals surface area contributed by atoms with E-state index in [4.69, 9.17) is 16.7 Å². The second-order valence-corrected chi connectivity index (χ2v) is 8.36. The van der Waals surface area contributed by atoms with Crippen LogP contribution in [0.25, 0.3) is 0 Å². The van der Waals surface area contributed by atoms with Gasteiger partial charge in [-0.1, -0.05) is 65.7 Å². The van der Waals surface area contributed by atoms with Crippen LogP contribution in [0.4, 0.5) is 10.5 Å². The molecule has 1 heterocycles. The number of nitrogens with one attached hydrogen (secondary N) is 1. The number of rotatable bonds is 2. The maximum Gasteiger partial charge on any atom is 0.342 e. The summed E-state index contributed by atoms with van der Waals surface area (Å²) in [5.74, 6) is 0.157.